The third kappa shape index (κ3) is 5.73. The van der Waals surface area contributed by atoms with Crippen molar-refractivity contribution in [1.82, 2.24) is 4.90 Å². The summed E-state index contributed by atoms with van der Waals surface area (Å²) in [6, 6.07) is 5.27. The van der Waals surface area contributed by atoms with Crippen LogP contribution in [0.5, 0.6) is 0 Å². The molecule has 0 aliphatic carbocycles. The molecule has 5 nitrogen and oxygen atoms in total. The lowest BCUT2D eigenvalue weighted by Gasteiger charge is -2.26. The Balaban J connectivity index is 2.73. The van der Waals surface area contributed by atoms with Gasteiger partial charge in [-0.3, -0.25) is 14.5 Å². The standard InChI is InChI=1S/C15H21ClN2O3/c1-4-11(3)18(9-15(20)21)8-14(19)17-13-7-12(16)6-5-10(13)2/h5-7,11H,4,8-9H2,1-3H3,(H,17,19)(H,20,21). The number of carbonyl (C=O) groups excluding carboxylic acids is 1. The molecule has 0 aliphatic rings. The molecule has 1 unspecified atom stereocenters. The maximum atomic E-state index is 12.1. The number of benzene rings is 1. The Kier molecular flexibility index (Phi) is 6.65. The summed E-state index contributed by atoms with van der Waals surface area (Å²) < 4.78 is 0. The number of hydrogen-bond acceptors (Lipinski definition) is 3. The SMILES string of the molecule is CCC(C)N(CC(=O)O)CC(=O)Nc1cc(Cl)ccc1C. The fourth-order valence-corrected chi connectivity index (χ4v) is 2.07. The zero-order valence-corrected chi connectivity index (χ0v) is 13.3. The van der Waals surface area contributed by atoms with Crippen LogP contribution in [0.3, 0.4) is 0 Å². The lowest BCUT2D eigenvalue weighted by molar-refractivity contribution is -0.139. The lowest BCUT2D eigenvalue weighted by atomic mass is 10.2. The highest BCUT2D eigenvalue weighted by Crippen LogP contribution is 2.20. The van der Waals surface area contributed by atoms with Gasteiger partial charge >= 0.3 is 5.97 Å². The number of amides is 1. The summed E-state index contributed by atoms with van der Waals surface area (Å²) in [6.45, 7) is 5.61. The van der Waals surface area contributed by atoms with Crippen LogP contribution in [-0.4, -0.2) is 41.0 Å². The molecule has 0 saturated heterocycles. The van der Waals surface area contributed by atoms with Crippen LogP contribution in [0.4, 0.5) is 5.69 Å². The maximum Gasteiger partial charge on any atom is 0.317 e. The zero-order valence-electron chi connectivity index (χ0n) is 12.5. The van der Waals surface area contributed by atoms with Gasteiger partial charge in [0.2, 0.25) is 5.91 Å². The molecule has 1 aromatic carbocycles. The van der Waals surface area contributed by atoms with Gasteiger partial charge in [-0.15, -0.1) is 0 Å². The molecule has 0 aliphatic heterocycles. The van der Waals surface area contributed by atoms with Crippen LogP contribution in [0.25, 0.3) is 0 Å². The van der Waals surface area contributed by atoms with Gasteiger partial charge in [0.25, 0.3) is 0 Å². The van der Waals surface area contributed by atoms with Crippen LogP contribution in [0.15, 0.2) is 18.2 Å². The first kappa shape index (κ1) is 17.5. The third-order valence-electron chi connectivity index (χ3n) is 3.37. The first-order valence-corrected chi connectivity index (χ1v) is 7.23. The monoisotopic (exact) mass is 312 g/mol. The number of nitrogens with one attached hydrogen (secondary N) is 1. The summed E-state index contributed by atoms with van der Waals surface area (Å²) >= 11 is 5.91. The van der Waals surface area contributed by atoms with E-state index in [1.54, 1.807) is 17.0 Å². The molecule has 1 amide bonds. The minimum atomic E-state index is -0.943. The molecule has 1 rings (SSSR count). The third-order valence-corrected chi connectivity index (χ3v) is 3.61. The van der Waals surface area contributed by atoms with E-state index in [0.29, 0.717) is 10.7 Å². The van der Waals surface area contributed by atoms with Gasteiger partial charge in [-0.1, -0.05) is 24.6 Å². The molecule has 0 aromatic heterocycles. The number of anilines is 1. The van der Waals surface area contributed by atoms with Crippen molar-refractivity contribution in [2.75, 3.05) is 18.4 Å². The van der Waals surface area contributed by atoms with Gasteiger partial charge < -0.3 is 10.4 Å². The summed E-state index contributed by atoms with van der Waals surface area (Å²) in [5, 5.41) is 12.2. The maximum absolute atomic E-state index is 12.1. The molecule has 0 bridgehead atoms. The first-order chi connectivity index (χ1) is 9.83. The van der Waals surface area contributed by atoms with Gasteiger partial charge in [0.05, 0.1) is 13.1 Å². The minimum Gasteiger partial charge on any atom is -0.480 e. The number of aryl methyl sites for hydroxylation is 1. The predicted molar refractivity (Wildman–Crippen MR) is 83.8 cm³/mol. The Morgan fingerprint density at radius 2 is 2.05 bits per heavy atom. The number of nitrogens with zero attached hydrogens (tertiary/aromatic N) is 1. The van der Waals surface area contributed by atoms with Crippen LogP contribution >= 0.6 is 11.6 Å². The summed E-state index contributed by atoms with van der Waals surface area (Å²) in [5.41, 5.74) is 1.55. The average molecular weight is 313 g/mol. The van der Waals surface area contributed by atoms with Crippen LogP contribution in [-0.2, 0) is 9.59 Å². The van der Waals surface area contributed by atoms with Crippen LogP contribution in [0.1, 0.15) is 25.8 Å². The topological polar surface area (TPSA) is 69.6 Å². The number of carbonyl (C=O) groups is 2. The van der Waals surface area contributed by atoms with Crippen molar-refractivity contribution < 1.29 is 14.7 Å². The largest absolute Gasteiger partial charge is 0.480 e. The van der Waals surface area contributed by atoms with Crippen LogP contribution in [0, 0.1) is 6.92 Å². The summed E-state index contributed by atoms with van der Waals surface area (Å²) in [7, 11) is 0. The quantitative estimate of drug-likeness (QED) is 0.812. The fraction of sp³-hybridized carbons (Fsp3) is 0.467. The van der Waals surface area contributed by atoms with Crippen molar-refractivity contribution in [3.8, 4) is 0 Å². The molecule has 0 radical (unpaired) electrons. The molecule has 2 N–H and O–H groups in total. The molecule has 1 aromatic rings. The minimum absolute atomic E-state index is 0.0207. The highest BCUT2D eigenvalue weighted by atomic mass is 35.5. The number of carboxylic acids is 1. The molecule has 0 heterocycles. The van der Waals surface area contributed by atoms with Crippen molar-refractivity contribution in [2.24, 2.45) is 0 Å². The normalized spacial score (nSPS) is 12.2. The van der Waals surface area contributed by atoms with Gasteiger partial charge in [-0.05, 0) is 38.0 Å². The predicted octanol–water partition coefficient (Wildman–Crippen LogP) is 2.77. The summed E-state index contributed by atoms with van der Waals surface area (Å²) in [6.07, 6.45) is 0.775. The van der Waals surface area contributed by atoms with Crippen molar-refractivity contribution in [2.45, 2.75) is 33.2 Å². The van der Waals surface area contributed by atoms with Gasteiger partial charge in [0, 0.05) is 16.8 Å². The van der Waals surface area contributed by atoms with Crippen LogP contribution in [0.2, 0.25) is 5.02 Å². The molecule has 0 fully saturated rings. The van der Waals surface area contributed by atoms with Crippen molar-refractivity contribution in [1.29, 1.82) is 0 Å². The van der Waals surface area contributed by atoms with E-state index >= 15 is 0 Å². The summed E-state index contributed by atoms with van der Waals surface area (Å²) in [5.74, 6) is -1.19. The molecule has 21 heavy (non-hydrogen) atoms. The van der Waals surface area contributed by atoms with E-state index in [2.05, 4.69) is 5.32 Å². The van der Waals surface area contributed by atoms with Crippen molar-refractivity contribution in [3.63, 3.8) is 0 Å². The van der Waals surface area contributed by atoms with Crippen molar-refractivity contribution in [3.05, 3.63) is 28.8 Å². The molecular weight excluding hydrogens is 292 g/mol. The molecule has 1 atom stereocenters. The molecule has 0 spiro atoms. The lowest BCUT2D eigenvalue weighted by Crippen LogP contribution is -2.42. The van der Waals surface area contributed by atoms with Crippen LogP contribution < -0.4 is 5.32 Å². The Morgan fingerprint density at radius 1 is 1.38 bits per heavy atom. The van der Waals surface area contributed by atoms with E-state index in [1.165, 1.54) is 0 Å². The van der Waals surface area contributed by atoms with Gasteiger partial charge in [-0.2, -0.15) is 0 Å². The second-order valence-electron chi connectivity index (χ2n) is 5.06. The smallest absolute Gasteiger partial charge is 0.317 e. The fourth-order valence-electron chi connectivity index (χ4n) is 1.90. The molecule has 116 valence electrons. The van der Waals surface area contributed by atoms with E-state index in [0.717, 1.165) is 12.0 Å². The number of carboxylic acid groups (broad SMARTS) is 1. The van der Waals surface area contributed by atoms with Crippen molar-refractivity contribution >= 4 is 29.2 Å². The van der Waals surface area contributed by atoms with E-state index in [4.69, 9.17) is 16.7 Å². The Bertz CT molecular complexity index is 520. The molecule has 6 heteroatoms. The van der Waals surface area contributed by atoms with E-state index in [1.807, 2.05) is 26.8 Å². The van der Waals surface area contributed by atoms with Gasteiger partial charge in [0.15, 0.2) is 0 Å². The second-order valence-corrected chi connectivity index (χ2v) is 5.50. The number of rotatable bonds is 7. The Hall–Kier alpha value is -1.59. The van der Waals surface area contributed by atoms with E-state index in [-0.39, 0.29) is 25.0 Å². The van der Waals surface area contributed by atoms with Gasteiger partial charge in [0.1, 0.15) is 0 Å². The molecule has 0 saturated carbocycles. The molecular formula is C15H21ClN2O3. The summed E-state index contributed by atoms with van der Waals surface area (Å²) in [4.78, 5) is 24.6. The van der Waals surface area contributed by atoms with Gasteiger partial charge in [-0.25, -0.2) is 0 Å². The number of halogens is 1. The highest BCUT2D eigenvalue weighted by Gasteiger charge is 2.19. The second kappa shape index (κ2) is 8.00. The number of hydrogen-bond donors (Lipinski definition) is 2. The Labute approximate surface area is 129 Å². The number of aliphatic carboxylic acids is 1. The highest BCUT2D eigenvalue weighted by molar-refractivity contribution is 6.31. The zero-order chi connectivity index (χ0) is 16.0. The van der Waals surface area contributed by atoms with E-state index in [9.17, 15) is 9.59 Å². The first-order valence-electron chi connectivity index (χ1n) is 6.85. The van der Waals surface area contributed by atoms with E-state index < -0.39 is 5.97 Å². The Morgan fingerprint density at radius 3 is 2.62 bits per heavy atom. The average Bonchev–Trinajstić information content (AvgIpc) is 2.40.